The lowest BCUT2D eigenvalue weighted by Crippen LogP contribution is -2.08. The number of aryl methyl sites for hydroxylation is 3. The molecule has 0 aliphatic heterocycles. The number of hydrogen-bond donors (Lipinski definition) is 0. The predicted octanol–water partition coefficient (Wildman–Crippen LogP) is 6.22. The Labute approximate surface area is 150 Å². The first kappa shape index (κ1) is 18.6. The molecule has 2 heteroatoms. The zero-order chi connectivity index (χ0) is 17.4. The summed E-state index contributed by atoms with van der Waals surface area (Å²) < 4.78 is 6.12. The number of ether oxygens (including phenoxy) is 1. The normalized spacial score (nSPS) is 11.7. The molecule has 0 saturated heterocycles. The van der Waals surface area contributed by atoms with E-state index in [0.29, 0.717) is 0 Å². The first-order valence-corrected chi connectivity index (χ1v) is 9.35. The third kappa shape index (κ3) is 5.44. The van der Waals surface area contributed by atoms with Gasteiger partial charge in [-0.25, -0.2) is 0 Å². The van der Waals surface area contributed by atoms with Crippen LogP contribution in [0.2, 0.25) is 0 Å². The number of hydrogen-bond acceptors (Lipinski definition) is 2. The van der Waals surface area contributed by atoms with Crippen LogP contribution >= 0.6 is 11.8 Å². The maximum absolute atomic E-state index is 6.12. The first-order chi connectivity index (χ1) is 11.6. The highest BCUT2D eigenvalue weighted by molar-refractivity contribution is 8.03. The SMILES string of the molecule is CCCCOC(C#CSc1ccccc1)c1c(C)cc(C)cc1C. The van der Waals surface area contributed by atoms with Crippen molar-refractivity contribution < 1.29 is 4.74 Å². The average Bonchev–Trinajstić information content (AvgIpc) is 2.54. The van der Waals surface area contributed by atoms with Gasteiger partial charge in [-0.3, -0.25) is 0 Å². The lowest BCUT2D eigenvalue weighted by atomic mass is 9.96. The summed E-state index contributed by atoms with van der Waals surface area (Å²) in [5.74, 6) is 3.34. The van der Waals surface area contributed by atoms with Gasteiger partial charge in [0, 0.05) is 11.5 Å². The van der Waals surface area contributed by atoms with E-state index in [-0.39, 0.29) is 6.10 Å². The molecule has 0 saturated carbocycles. The Morgan fingerprint density at radius 3 is 2.33 bits per heavy atom. The summed E-state index contributed by atoms with van der Waals surface area (Å²) in [5.41, 5.74) is 5.02. The van der Waals surface area contributed by atoms with Crippen LogP contribution in [0.15, 0.2) is 47.4 Å². The fourth-order valence-electron chi connectivity index (χ4n) is 2.78. The van der Waals surface area contributed by atoms with Crippen molar-refractivity contribution in [3.8, 4) is 11.2 Å². The van der Waals surface area contributed by atoms with E-state index in [1.54, 1.807) is 11.8 Å². The highest BCUT2D eigenvalue weighted by atomic mass is 32.2. The molecule has 2 aromatic rings. The molecular formula is C22H26OS. The van der Waals surface area contributed by atoms with Gasteiger partial charge >= 0.3 is 0 Å². The monoisotopic (exact) mass is 338 g/mol. The highest BCUT2D eigenvalue weighted by Crippen LogP contribution is 2.27. The van der Waals surface area contributed by atoms with E-state index < -0.39 is 0 Å². The summed E-state index contributed by atoms with van der Waals surface area (Å²) in [4.78, 5) is 1.16. The molecule has 0 radical (unpaired) electrons. The molecular weight excluding hydrogens is 312 g/mol. The molecule has 0 fully saturated rings. The zero-order valence-corrected chi connectivity index (χ0v) is 15.9. The van der Waals surface area contributed by atoms with Gasteiger partial charge in [0.15, 0.2) is 0 Å². The molecule has 24 heavy (non-hydrogen) atoms. The molecule has 0 aromatic heterocycles. The average molecular weight is 339 g/mol. The van der Waals surface area contributed by atoms with Crippen molar-refractivity contribution in [3.63, 3.8) is 0 Å². The van der Waals surface area contributed by atoms with E-state index in [4.69, 9.17) is 4.74 Å². The Hall–Kier alpha value is -1.69. The summed E-state index contributed by atoms with van der Waals surface area (Å²) in [7, 11) is 0. The Bertz CT molecular complexity index is 687. The molecule has 0 N–H and O–H groups in total. The number of unbranched alkanes of at least 4 members (excludes halogenated alkanes) is 1. The van der Waals surface area contributed by atoms with Crippen molar-refractivity contribution in [2.24, 2.45) is 0 Å². The molecule has 1 nitrogen and oxygen atoms in total. The fraction of sp³-hybridized carbons (Fsp3) is 0.364. The molecule has 1 unspecified atom stereocenters. The van der Waals surface area contributed by atoms with Gasteiger partial charge in [-0.05, 0) is 73.0 Å². The van der Waals surface area contributed by atoms with E-state index in [1.165, 1.54) is 22.3 Å². The maximum atomic E-state index is 6.12. The molecule has 0 aliphatic carbocycles. The third-order valence-electron chi connectivity index (χ3n) is 3.88. The van der Waals surface area contributed by atoms with E-state index in [2.05, 4.69) is 63.1 Å². The minimum absolute atomic E-state index is 0.159. The quantitative estimate of drug-likeness (QED) is 0.351. The summed E-state index contributed by atoms with van der Waals surface area (Å²) in [6, 6.07) is 14.7. The summed E-state index contributed by atoms with van der Waals surface area (Å²) in [6.45, 7) is 9.36. The lowest BCUT2D eigenvalue weighted by Gasteiger charge is -2.18. The molecule has 0 spiro atoms. The second-order valence-corrected chi connectivity index (χ2v) is 6.96. The smallest absolute Gasteiger partial charge is 0.144 e. The zero-order valence-electron chi connectivity index (χ0n) is 15.1. The molecule has 126 valence electrons. The fourth-order valence-corrected chi connectivity index (χ4v) is 3.35. The summed E-state index contributed by atoms with van der Waals surface area (Å²) >= 11 is 1.56. The Kier molecular flexibility index (Phi) is 7.43. The van der Waals surface area contributed by atoms with Crippen LogP contribution in [0.4, 0.5) is 0 Å². The van der Waals surface area contributed by atoms with E-state index >= 15 is 0 Å². The van der Waals surface area contributed by atoms with Gasteiger partial charge in [0.2, 0.25) is 0 Å². The molecule has 2 aromatic carbocycles. The maximum Gasteiger partial charge on any atom is 0.144 e. The van der Waals surface area contributed by atoms with Gasteiger partial charge in [-0.15, -0.1) is 0 Å². The van der Waals surface area contributed by atoms with Crippen molar-refractivity contribution in [3.05, 3.63) is 64.7 Å². The molecule has 0 aliphatic rings. The Morgan fingerprint density at radius 2 is 1.71 bits per heavy atom. The molecule has 0 bridgehead atoms. The standard InChI is InChI=1S/C22H26OS/c1-5-6-13-23-21(12-14-24-20-10-8-7-9-11-20)22-18(3)15-17(2)16-19(22)4/h7-11,15-16,21H,5-6,13H2,1-4H3. The van der Waals surface area contributed by atoms with Crippen LogP contribution in [0.1, 0.15) is 48.1 Å². The second-order valence-electron chi connectivity index (χ2n) is 6.08. The van der Waals surface area contributed by atoms with Crippen LogP contribution in [-0.4, -0.2) is 6.61 Å². The second kappa shape index (κ2) is 9.57. The van der Waals surface area contributed by atoms with Crippen molar-refractivity contribution in [1.82, 2.24) is 0 Å². The minimum atomic E-state index is -0.159. The molecule has 0 heterocycles. The van der Waals surface area contributed by atoms with Crippen LogP contribution in [-0.2, 0) is 4.74 Å². The van der Waals surface area contributed by atoms with Crippen molar-refractivity contribution in [2.45, 2.75) is 51.5 Å². The molecule has 2 rings (SSSR count). The van der Waals surface area contributed by atoms with Gasteiger partial charge in [-0.2, -0.15) is 0 Å². The topological polar surface area (TPSA) is 9.23 Å². The van der Waals surface area contributed by atoms with Crippen molar-refractivity contribution in [2.75, 3.05) is 6.61 Å². The number of rotatable bonds is 6. The first-order valence-electron chi connectivity index (χ1n) is 8.53. The van der Waals surface area contributed by atoms with Crippen molar-refractivity contribution in [1.29, 1.82) is 0 Å². The van der Waals surface area contributed by atoms with E-state index in [0.717, 1.165) is 24.3 Å². The molecule has 0 amide bonds. The van der Waals surface area contributed by atoms with Crippen LogP contribution in [0.5, 0.6) is 0 Å². The van der Waals surface area contributed by atoms with Gasteiger partial charge in [0.25, 0.3) is 0 Å². The largest absolute Gasteiger partial charge is 0.361 e. The van der Waals surface area contributed by atoms with E-state index in [9.17, 15) is 0 Å². The minimum Gasteiger partial charge on any atom is -0.361 e. The Morgan fingerprint density at radius 1 is 1.04 bits per heavy atom. The summed E-state index contributed by atoms with van der Waals surface area (Å²) in [5, 5.41) is 3.24. The molecule has 1 atom stereocenters. The van der Waals surface area contributed by atoms with E-state index in [1.807, 2.05) is 18.2 Å². The predicted molar refractivity (Wildman–Crippen MR) is 104 cm³/mol. The van der Waals surface area contributed by atoms with Gasteiger partial charge < -0.3 is 4.74 Å². The van der Waals surface area contributed by atoms with Crippen LogP contribution in [0.25, 0.3) is 0 Å². The number of benzene rings is 2. The van der Waals surface area contributed by atoms with Gasteiger partial charge in [0.1, 0.15) is 6.10 Å². The van der Waals surface area contributed by atoms with Crippen LogP contribution in [0, 0.1) is 31.9 Å². The third-order valence-corrected chi connectivity index (χ3v) is 4.61. The van der Waals surface area contributed by atoms with Crippen LogP contribution < -0.4 is 0 Å². The van der Waals surface area contributed by atoms with Crippen molar-refractivity contribution >= 4 is 11.8 Å². The van der Waals surface area contributed by atoms with Gasteiger partial charge in [0.05, 0.1) is 0 Å². The van der Waals surface area contributed by atoms with Crippen LogP contribution in [0.3, 0.4) is 0 Å². The Balaban J connectivity index is 2.22. The number of thioether (sulfide) groups is 1. The van der Waals surface area contributed by atoms with Gasteiger partial charge in [-0.1, -0.05) is 55.2 Å². The highest BCUT2D eigenvalue weighted by Gasteiger charge is 2.15. The summed E-state index contributed by atoms with van der Waals surface area (Å²) in [6.07, 6.45) is 2.03. The lowest BCUT2D eigenvalue weighted by molar-refractivity contribution is 0.0885.